The van der Waals surface area contributed by atoms with Gasteiger partial charge in [0.05, 0.1) is 36.4 Å². The third-order valence-electron chi connectivity index (χ3n) is 6.60. The van der Waals surface area contributed by atoms with Crippen LogP contribution in [0.3, 0.4) is 0 Å². The number of aromatic hydroxyl groups is 1. The van der Waals surface area contributed by atoms with Crippen LogP contribution in [0.5, 0.6) is 23.1 Å². The maximum atomic E-state index is 13.6. The summed E-state index contributed by atoms with van der Waals surface area (Å²) in [6.07, 6.45) is 4.36. The number of halogens is 2. The molecule has 2 aromatic carbocycles. The lowest BCUT2D eigenvalue weighted by molar-refractivity contribution is 0.103. The summed E-state index contributed by atoms with van der Waals surface area (Å²) in [6.45, 7) is 4.00. The topological polar surface area (TPSA) is 111 Å². The molecule has 8 nitrogen and oxygen atoms in total. The summed E-state index contributed by atoms with van der Waals surface area (Å²) >= 11 is 12.8. The van der Waals surface area contributed by atoms with E-state index in [1.165, 1.54) is 33.3 Å². The van der Waals surface area contributed by atoms with Gasteiger partial charge in [-0.2, -0.15) is 5.26 Å². The highest BCUT2D eigenvalue weighted by Crippen LogP contribution is 2.36. The number of aromatic nitrogens is 1. The van der Waals surface area contributed by atoms with Crippen molar-refractivity contribution in [2.24, 2.45) is 0 Å². The fraction of sp³-hybridized carbons (Fsp3) is 0.367. The van der Waals surface area contributed by atoms with E-state index < -0.39 is 17.2 Å². The molecule has 0 unspecified atom stereocenters. The maximum absolute atomic E-state index is 13.6. The number of pyridine rings is 1. The Morgan fingerprint density at radius 2 is 1.73 bits per heavy atom. The van der Waals surface area contributed by atoms with E-state index in [0.717, 1.165) is 35.8 Å². The third kappa shape index (κ3) is 6.72. The Hall–Kier alpha value is -3.67. The Kier molecular flexibility index (Phi) is 10.9. The summed E-state index contributed by atoms with van der Waals surface area (Å²) in [4.78, 5) is 26.7. The van der Waals surface area contributed by atoms with Crippen LogP contribution in [0.1, 0.15) is 65.2 Å². The van der Waals surface area contributed by atoms with Crippen molar-refractivity contribution in [2.45, 2.75) is 52.5 Å². The van der Waals surface area contributed by atoms with Crippen LogP contribution < -0.4 is 19.8 Å². The molecule has 1 aromatic heterocycles. The van der Waals surface area contributed by atoms with Gasteiger partial charge in [-0.1, -0.05) is 55.5 Å². The molecule has 1 N–H and O–H groups in total. The van der Waals surface area contributed by atoms with E-state index in [1.54, 1.807) is 18.2 Å². The summed E-state index contributed by atoms with van der Waals surface area (Å²) in [6, 6.07) is 9.96. The first kappa shape index (κ1) is 30.9. The van der Waals surface area contributed by atoms with Gasteiger partial charge in [-0.25, -0.2) is 0 Å². The van der Waals surface area contributed by atoms with Gasteiger partial charge in [0.2, 0.25) is 5.88 Å². The van der Waals surface area contributed by atoms with Gasteiger partial charge in [0.1, 0.15) is 11.6 Å². The molecule has 0 saturated carbocycles. The monoisotopic (exact) mass is 586 g/mol. The molecule has 0 aliphatic rings. The highest BCUT2D eigenvalue weighted by Gasteiger charge is 2.26. The number of nitriles is 1. The zero-order chi connectivity index (χ0) is 29.4. The SMILES string of the molecule is CCCCCCOc1c(Cl)cc(C(=O)c2c(C)c(C#N)c(=O)n(CCc3ccc(OC)c(OC)c3)c2O)cc1Cl. The van der Waals surface area contributed by atoms with Gasteiger partial charge < -0.3 is 19.3 Å². The number of aryl methyl sites for hydroxylation is 1. The van der Waals surface area contributed by atoms with Crippen LogP contribution >= 0.6 is 23.2 Å². The van der Waals surface area contributed by atoms with Gasteiger partial charge in [0.15, 0.2) is 23.0 Å². The Morgan fingerprint density at radius 1 is 1.05 bits per heavy atom. The smallest absolute Gasteiger partial charge is 0.271 e. The second kappa shape index (κ2) is 14.1. The van der Waals surface area contributed by atoms with Crippen molar-refractivity contribution in [1.29, 1.82) is 5.26 Å². The van der Waals surface area contributed by atoms with E-state index >= 15 is 0 Å². The third-order valence-corrected chi connectivity index (χ3v) is 7.17. The van der Waals surface area contributed by atoms with Crippen molar-refractivity contribution in [3.05, 3.63) is 78.5 Å². The molecule has 0 fully saturated rings. The minimum Gasteiger partial charge on any atom is -0.494 e. The van der Waals surface area contributed by atoms with Crippen LogP contribution in [0.2, 0.25) is 10.0 Å². The molecule has 0 radical (unpaired) electrons. The van der Waals surface area contributed by atoms with E-state index in [-0.39, 0.29) is 44.6 Å². The number of ketones is 1. The van der Waals surface area contributed by atoms with Gasteiger partial charge in [0, 0.05) is 12.1 Å². The van der Waals surface area contributed by atoms with Crippen LogP contribution in [-0.2, 0) is 13.0 Å². The quantitative estimate of drug-likeness (QED) is 0.180. The number of unbranched alkanes of at least 4 members (excludes halogenated alkanes) is 3. The summed E-state index contributed by atoms with van der Waals surface area (Å²) in [7, 11) is 3.04. The van der Waals surface area contributed by atoms with E-state index in [2.05, 4.69) is 6.92 Å². The Balaban J connectivity index is 1.95. The fourth-order valence-corrected chi connectivity index (χ4v) is 4.98. The first-order valence-electron chi connectivity index (χ1n) is 12.9. The predicted octanol–water partition coefficient (Wildman–Crippen LogP) is 6.49. The molecule has 0 atom stereocenters. The number of nitrogens with zero attached hydrogens (tertiary/aromatic N) is 2. The lowest BCUT2D eigenvalue weighted by Gasteiger charge is -2.17. The van der Waals surface area contributed by atoms with Gasteiger partial charge in [-0.05, 0) is 55.2 Å². The number of hydrogen-bond donors (Lipinski definition) is 1. The van der Waals surface area contributed by atoms with Crippen LogP contribution in [-0.4, -0.2) is 36.3 Å². The lowest BCUT2D eigenvalue weighted by atomic mass is 9.97. The number of rotatable bonds is 13. The molecular weight excluding hydrogens is 555 g/mol. The van der Waals surface area contributed by atoms with Crippen LogP contribution in [0, 0.1) is 18.3 Å². The number of methoxy groups -OCH3 is 2. The molecule has 0 amide bonds. The molecule has 0 aliphatic heterocycles. The van der Waals surface area contributed by atoms with Crippen LogP contribution in [0.4, 0.5) is 0 Å². The van der Waals surface area contributed by atoms with E-state index in [0.29, 0.717) is 24.5 Å². The number of benzene rings is 2. The predicted molar refractivity (Wildman–Crippen MR) is 155 cm³/mol. The zero-order valence-electron chi connectivity index (χ0n) is 23.0. The van der Waals surface area contributed by atoms with E-state index in [4.69, 9.17) is 37.4 Å². The van der Waals surface area contributed by atoms with Crippen molar-refractivity contribution >= 4 is 29.0 Å². The van der Waals surface area contributed by atoms with Crippen molar-refractivity contribution in [2.75, 3.05) is 20.8 Å². The van der Waals surface area contributed by atoms with Gasteiger partial charge in [0.25, 0.3) is 5.56 Å². The maximum Gasteiger partial charge on any atom is 0.271 e. The Bertz CT molecular complexity index is 1470. The minimum atomic E-state index is -0.697. The molecule has 3 rings (SSSR count). The zero-order valence-corrected chi connectivity index (χ0v) is 24.5. The first-order chi connectivity index (χ1) is 19.2. The van der Waals surface area contributed by atoms with E-state index in [9.17, 15) is 20.0 Å². The van der Waals surface area contributed by atoms with Crippen molar-refractivity contribution in [3.8, 4) is 29.2 Å². The summed E-state index contributed by atoms with van der Waals surface area (Å²) in [5, 5.41) is 21.1. The second-order valence-electron chi connectivity index (χ2n) is 9.21. The minimum absolute atomic E-state index is 0.00170. The fourth-order valence-electron chi connectivity index (χ4n) is 4.38. The summed E-state index contributed by atoms with van der Waals surface area (Å²) in [5.41, 5.74) is -0.166. The van der Waals surface area contributed by atoms with Gasteiger partial charge in [-0.3, -0.25) is 14.2 Å². The molecule has 212 valence electrons. The molecular formula is C30H32Cl2N2O6. The van der Waals surface area contributed by atoms with E-state index in [1.807, 2.05) is 6.07 Å². The van der Waals surface area contributed by atoms with Crippen molar-refractivity contribution in [3.63, 3.8) is 0 Å². The molecule has 3 aromatic rings. The highest BCUT2D eigenvalue weighted by molar-refractivity contribution is 6.38. The van der Waals surface area contributed by atoms with Crippen molar-refractivity contribution < 1.29 is 24.1 Å². The summed E-state index contributed by atoms with van der Waals surface area (Å²) in [5.74, 6) is 0.151. The second-order valence-corrected chi connectivity index (χ2v) is 10.0. The molecule has 0 saturated heterocycles. The molecule has 0 aliphatic carbocycles. The molecule has 40 heavy (non-hydrogen) atoms. The van der Waals surface area contributed by atoms with Gasteiger partial charge >= 0.3 is 0 Å². The highest BCUT2D eigenvalue weighted by atomic mass is 35.5. The average molecular weight is 588 g/mol. The molecule has 10 heteroatoms. The van der Waals surface area contributed by atoms with Gasteiger partial charge in [-0.15, -0.1) is 0 Å². The molecule has 0 spiro atoms. The Morgan fingerprint density at radius 3 is 2.33 bits per heavy atom. The van der Waals surface area contributed by atoms with Crippen LogP contribution in [0.15, 0.2) is 35.1 Å². The standard InChI is InChI=1S/C30H32Cl2N2O6/c1-5-6-7-8-13-40-28-22(31)15-20(16-23(28)32)27(35)26-18(2)21(17-33)29(36)34(30(26)37)12-11-19-9-10-24(38-3)25(14-19)39-4/h9-10,14-16,37H,5-8,11-13H2,1-4H3. The van der Waals surface area contributed by atoms with Crippen LogP contribution in [0.25, 0.3) is 0 Å². The number of ether oxygens (including phenoxy) is 3. The number of carbonyl (C=O) groups excluding carboxylic acids is 1. The Labute approximate surface area is 243 Å². The van der Waals surface area contributed by atoms with Crippen molar-refractivity contribution in [1.82, 2.24) is 4.57 Å². The molecule has 1 heterocycles. The lowest BCUT2D eigenvalue weighted by Crippen LogP contribution is -2.27. The normalized spacial score (nSPS) is 10.7. The first-order valence-corrected chi connectivity index (χ1v) is 13.7. The average Bonchev–Trinajstić information content (AvgIpc) is 2.93. The number of hydrogen-bond acceptors (Lipinski definition) is 7. The number of carbonyl (C=O) groups is 1. The molecule has 0 bridgehead atoms. The summed E-state index contributed by atoms with van der Waals surface area (Å²) < 4.78 is 17.4. The largest absolute Gasteiger partial charge is 0.494 e.